The lowest BCUT2D eigenvalue weighted by Gasteiger charge is -2.45. The standard InChI is InChI=1S/C15H19NO4/c1-15(2,3)20-14(19)16-9-11(12(16)13(17)18)10-7-5-4-6-8-10/h4-8,11-12H,9H2,1-3H3,(H,17,18)/t11-,12-/m1/s1. The van der Waals surface area contributed by atoms with Gasteiger partial charge in [0.1, 0.15) is 11.6 Å². The summed E-state index contributed by atoms with van der Waals surface area (Å²) >= 11 is 0. The predicted octanol–water partition coefficient (Wildman–Crippen LogP) is 2.47. The molecule has 1 aliphatic rings. The third-order valence-corrected chi connectivity index (χ3v) is 3.22. The van der Waals surface area contributed by atoms with Crippen LogP contribution in [0.3, 0.4) is 0 Å². The van der Waals surface area contributed by atoms with Crippen LogP contribution in [0.15, 0.2) is 30.3 Å². The number of amides is 1. The van der Waals surface area contributed by atoms with E-state index in [-0.39, 0.29) is 5.92 Å². The third-order valence-electron chi connectivity index (χ3n) is 3.22. The van der Waals surface area contributed by atoms with Crippen molar-refractivity contribution in [3.8, 4) is 0 Å². The molecule has 5 heteroatoms. The van der Waals surface area contributed by atoms with Gasteiger partial charge in [-0.15, -0.1) is 0 Å². The topological polar surface area (TPSA) is 66.8 Å². The highest BCUT2D eigenvalue weighted by Crippen LogP contribution is 2.35. The highest BCUT2D eigenvalue weighted by molar-refractivity contribution is 5.83. The van der Waals surface area contributed by atoms with E-state index in [4.69, 9.17) is 4.74 Å². The van der Waals surface area contributed by atoms with E-state index < -0.39 is 23.7 Å². The van der Waals surface area contributed by atoms with Crippen LogP contribution in [0.25, 0.3) is 0 Å². The van der Waals surface area contributed by atoms with Crippen molar-refractivity contribution in [2.75, 3.05) is 6.54 Å². The van der Waals surface area contributed by atoms with Gasteiger partial charge in [0.2, 0.25) is 0 Å². The van der Waals surface area contributed by atoms with Crippen LogP contribution in [0.4, 0.5) is 4.79 Å². The first-order chi connectivity index (χ1) is 9.29. The van der Waals surface area contributed by atoms with Gasteiger partial charge < -0.3 is 9.84 Å². The van der Waals surface area contributed by atoms with Crippen LogP contribution in [0.1, 0.15) is 32.3 Å². The van der Waals surface area contributed by atoms with Crippen molar-refractivity contribution >= 4 is 12.1 Å². The largest absolute Gasteiger partial charge is 0.480 e. The quantitative estimate of drug-likeness (QED) is 0.901. The Kier molecular flexibility index (Phi) is 3.70. The van der Waals surface area contributed by atoms with Crippen LogP contribution in [0, 0.1) is 0 Å². The second kappa shape index (κ2) is 5.15. The van der Waals surface area contributed by atoms with Gasteiger partial charge in [0.25, 0.3) is 0 Å². The summed E-state index contributed by atoms with van der Waals surface area (Å²) in [6.07, 6.45) is -0.572. The lowest BCUT2D eigenvalue weighted by Crippen LogP contribution is -2.61. The van der Waals surface area contributed by atoms with E-state index in [2.05, 4.69) is 0 Å². The monoisotopic (exact) mass is 277 g/mol. The van der Waals surface area contributed by atoms with Crippen molar-refractivity contribution in [1.29, 1.82) is 0 Å². The zero-order valence-electron chi connectivity index (χ0n) is 11.9. The predicted molar refractivity (Wildman–Crippen MR) is 73.5 cm³/mol. The molecule has 1 amide bonds. The maximum absolute atomic E-state index is 12.0. The molecular formula is C15H19NO4. The molecule has 2 rings (SSSR count). The number of carboxylic acid groups (broad SMARTS) is 1. The number of ether oxygens (including phenoxy) is 1. The van der Waals surface area contributed by atoms with Crippen molar-refractivity contribution in [3.63, 3.8) is 0 Å². The van der Waals surface area contributed by atoms with E-state index in [9.17, 15) is 14.7 Å². The first-order valence-corrected chi connectivity index (χ1v) is 6.57. The Morgan fingerprint density at radius 3 is 2.35 bits per heavy atom. The fraction of sp³-hybridized carbons (Fsp3) is 0.467. The van der Waals surface area contributed by atoms with Gasteiger partial charge in [-0.05, 0) is 26.3 Å². The van der Waals surface area contributed by atoms with Gasteiger partial charge >= 0.3 is 12.1 Å². The minimum Gasteiger partial charge on any atom is -0.480 e. The maximum atomic E-state index is 12.0. The summed E-state index contributed by atoms with van der Waals surface area (Å²) < 4.78 is 5.23. The van der Waals surface area contributed by atoms with Crippen LogP contribution >= 0.6 is 0 Å². The third kappa shape index (κ3) is 2.92. The molecule has 1 aliphatic heterocycles. The summed E-state index contributed by atoms with van der Waals surface area (Å²) in [5.74, 6) is -1.18. The summed E-state index contributed by atoms with van der Waals surface area (Å²) in [5, 5.41) is 9.33. The lowest BCUT2D eigenvalue weighted by atomic mass is 9.83. The molecular weight excluding hydrogens is 258 g/mol. The van der Waals surface area contributed by atoms with Crippen molar-refractivity contribution < 1.29 is 19.4 Å². The fourth-order valence-corrected chi connectivity index (χ4v) is 2.31. The number of hydrogen-bond donors (Lipinski definition) is 1. The molecule has 0 aromatic heterocycles. The molecule has 1 N–H and O–H groups in total. The van der Waals surface area contributed by atoms with Crippen LogP contribution in [0.2, 0.25) is 0 Å². The van der Waals surface area contributed by atoms with Crippen molar-refractivity contribution in [2.24, 2.45) is 0 Å². The summed E-state index contributed by atoms with van der Waals surface area (Å²) in [7, 11) is 0. The molecule has 20 heavy (non-hydrogen) atoms. The number of benzene rings is 1. The molecule has 0 unspecified atom stereocenters. The molecule has 2 atom stereocenters. The van der Waals surface area contributed by atoms with E-state index in [1.54, 1.807) is 20.8 Å². The van der Waals surface area contributed by atoms with Gasteiger partial charge in [-0.2, -0.15) is 0 Å². The van der Waals surface area contributed by atoms with Crippen molar-refractivity contribution in [2.45, 2.75) is 38.3 Å². The Hall–Kier alpha value is -2.04. The average molecular weight is 277 g/mol. The van der Waals surface area contributed by atoms with Gasteiger partial charge in [-0.3, -0.25) is 4.90 Å². The molecule has 0 radical (unpaired) electrons. The highest BCUT2D eigenvalue weighted by Gasteiger charge is 2.48. The van der Waals surface area contributed by atoms with Gasteiger partial charge in [0, 0.05) is 12.5 Å². The molecule has 0 bridgehead atoms. The second-order valence-corrected chi connectivity index (χ2v) is 5.93. The molecule has 1 aromatic rings. The number of carboxylic acids is 1. The first-order valence-electron chi connectivity index (χ1n) is 6.57. The molecule has 1 saturated heterocycles. The molecule has 108 valence electrons. The number of likely N-dealkylation sites (tertiary alicyclic amines) is 1. The molecule has 1 aromatic carbocycles. The normalized spacial score (nSPS) is 22.1. The minimum atomic E-state index is -1.00. The second-order valence-electron chi connectivity index (χ2n) is 5.93. The molecule has 0 aliphatic carbocycles. The number of nitrogens with zero attached hydrogens (tertiary/aromatic N) is 1. The van der Waals surface area contributed by atoms with Crippen LogP contribution in [0.5, 0.6) is 0 Å². The summed E-state index contributed by atoms with van der Waals surface area (Å²) in [5.41, 5.74) is 0.303. The first kappa shape index (κ1) is 14.4. The summed E-state index contributed by atoms with van der Waals surface area (Å²) in [6.45, 7) is 5.65. The van der Waals surface area contributed by atoms with Gasteiger partial charge in [0.05, 0.1) is 0 Å². The van der Waals surface area contributed by atoms with Crippen LogP contribution < -0.4 is 0 Å². The van der Waals surface area contributed by atoms with E-state index >= 15 is 0 Å². The van der Waals surface area contributed by atoms with E-state index in [1.807, 2.05) is 30.3 Å². The molecule has 5 nitrogen and oxygen atoms in total. The SMILES string of the molecule is CC(C)(C)OC(=O)N1C[C@H](c2ccccc2)[C@@H]1C(=O)O. The van der Waals surface area contributed by atoms with E-state index in [0.29, 0.717) is 6.54 Å². The van der Waals surface area contributed by atoms with Crippen LogP contribution in [-0.4, -0.2) is 40.3 Å². The van der Waals surface area contributed by atoms with Crippen LogP contribution in [-0.2, 0) is 9.53 Å². The number of carbonyl (C=O) groups is 2. The lowest BCUT2D eigenvalue weighted by molar-refractivity contribution is -0.149. The Bertz CT molecular complexity index is 506. The number of rotatable bonds is 2. The number of aliphatic carboxylic acids is 1. The Morgan fingerprint density at radius 2 is 1.85 bits per heavy atom. The van der Waals surface area contributed by atoms with E-state index in [1.165, 1.54) is 4.90 Å². The Morgan fingerprint density at radius 1 is 1.25 bits per heavy atom. The number of hydrogen-bond acceptors (Lipinski definition) is 3. The highest BCUT2D eigenvalue weighted by atomic mass is 16.6. The molecule has 0 saturated carbocycles. The van der Waals surface area contributed by atoms with E-state index in [0.717, 1.165) is 5.56 Å². The molecule has 0 spiro atoms. The van der Waals surface area contributed by atoms with Crippen molar-refractivity contribution in [1.82, 2.24) is 4.90 Å². The van der Waals surface area contributed by atoms with Gasteiger partial charge in [-0.1, -0.05) is 30.3 Å². The average Bonchev–Trinajstić information content (AvgIpc) is 2.25. The zero-order valence-corrected chi connectivity index (χ0v) is 11.9. The Labute approximate surface area is 118 Å². The fourth-order valence-electron chi connectivity index (χ4n) is 2.31. The maximum Gasteiger partial charge on any atom is 0.411 e. The number of carbonyl (C=O) groups excluding carboxylic acids is 1. The van der Waals surface area contributed by atoms with Gasteiger partial charge in [-0.25, -0.2) is 9.59 Å². The van der Waals surface area contributed by atoms with Crippen molar-refractivity contribution in [3.05, 3.63) is 35.9 Å². The Balaban J connectivity index is 2.12. The van der Waals surface area contributed by atoms with Gasteiger partial charge in [0.15, 0.2) is 0 Å². The zero-order chi connectivity index (χ0) is 14.9. The summed E-state index contributed by atoms with van der Waals surface area (Å²) in [4.78, 5) is 24.6. The summed E-state index contributed by atoms with van der Waals surface area (Å²) in [6, 6.07) is 8.52. The smallest absolute Gasteiger partial charge is 0.411 e. The molecule has 1 heterocycles. The minimum absolute atomic E-state index is 0.179. The molecule has 1 fully saturated rings.